The van der Waals surface area contributed by atoms with Gasteiger partial charge in [-0.2, -0.15) is 0 Å². The maximum atomic E-state index is 11.2. The number of aromatic nitrogens is 1. The zero-order valence-corrected chi connectivity index (χ0v) is 10.5. The first-order valence-electron chi connectivity index (χ1n) is 5.29. The summed E-state index contributed by atoms with van der Waals surface area (Å²) in [7, 11) is -3.40. The topological polar surface area (TPSA) is 111 Å². The monoisotopic (exact) mass is 271 g/mol. The number of anilines is 1. The van der Waals surface area contributed by atoms with E-state index >= 15 is 0 Å². The van der Waals surface area contributed by atoms with E-state index in [9.17, 15) is 13.2 Å². The Morgan fingerprint density at radius 1 is 1.56 bits per heavy atom. The molecule has 1 aliphatic rings. The molecule has 0 aliphatic heterocycles. The number of nitrogens with zero attached hydrogens (tertiary/aromatic N) is 1. The van der Waals surface area contributed by atoms with E-state index in [0.29, 0.717) is 0 Å². The Labute approximate surface area is 104 Å². The first kappa shape index (κ1) is 12.6. The van der Waals surface area contributed by atoms with E-state index in [1.807, 2.05) is 0 Å². The molecular formula is C10H13N3O4S. The summed E-state index contributed by atoms with van der Waals surface area (Å²) in [4.78, 5) is 15.0. The molecule has 7 nitrogen and oxygen atoms in total. The van der Waals surface area contributed by atoms with E-state index in [1.54, 1.807) is 0 Å². The number of amides is 1. The number of carbonyl (C=O) groups is 1. The molecule has 0 bridgehead atoms. The van der Waals surface area contributed by atoms with Gasteiger partial charge in [0.1, 0.15) is 0 Å². The lowest BCUT2D eigenvalue weighted by Gasteiger charge is -2.10. The van der Waals surface area contributed by atoms with Crippen molar-refractivity contribution >= 4 is 21.6 Å². The lowest BCUT2D eigenvalue weighted by molar-refractivity contribution is 0.0991. The molecule has 3 N–H and O–H groups in total. The molecule has 0 unspecified atom stereocenters. The van der Waals surface area contributed by atoms with Crippen LogP contribution in [0, 0.1) is 0 Å². The maximum Gasteiger partial charge on any atom is 0.271 e. The fraction of sp³-hybridized carbons (Fsp3) is 0.400. The second-order valence-corrected chi connectivity index (χ2v) is 5.87. The van der Waals surface area contributed by atoms with Gasteiger partial charge in [-0.25, -0.2) is 13.4 Å². The molecule has 0 saturated heterocycles. The number of hydrogen-bond donors (Lipinski definition) is 2. The minimum absolute atomic E-state index is 0.000881. The Kier molecular flexibility index (Phi) is 3.12. The molecule has 1 aromatic heterocycles. The summed E-state index contributed by atoms with van der Waals surface area (Å²) < 4.78 is 29.9. The van der Waals surface area contributed by atoms with Crippen LogP contribution in [0.25, 0.3) is 0 Å². The van der Waals surface area contributed by atoms with Crippen LogP contribution in [0.5, 0.6) is 5.75 Å². The third-order valence-corrected chi connectivity index (χ3v) is 2.81. The molecule has 1 aromatic rings. The highest BCUT2D eigenvalue weighted by molar-refractivity contribution is 7.92. The van der Waals surface area contributed by atoms with Crippen LogP contribution in [0.4, 0.5) is 5.69 Å². The SMILES string of the molecule is CS(=O)(=O)Nc1cnc(C(N)=O)c(OC2CC2)c1. The van der Waals surface area contributed by atoms with Gasteiger partial charge in [-0.1, -0.05) is 0 Å². The highest BCUT2D eigenvalue weighted by Crippen LogP contribution is 2.30. The number of nitrogens with one attached hydrogen (secondary N) is 1. The molecule has 0 aromatic carbocycles. The second kappa shape index (κ2) is 4.45. The van der Waals surface area contributed by atoms with Crippen molar-refractivity contribution in [2.45, 2.75) is 18.9 Å². The molecule has 0 atom stereocenters. The molecular weight excluding hydrogens is 258 g/mol. The molecule has 1 aliphatic carbocycles. The lowest BCUT2D eigenvalue weighted by atomic mass is 10.3. The Balaban J connectivity index is 2.31. The largest absolute Gasteiger partial charge is 0.488 e. The normalized spacial score (nSPS) is 15.2. The van der Waals surface area contributed by atoms with Gasteiger partial charge in [-0.3, -0.25) is 9.52 Å². The van der Waals surface area contributed by atoms with E-state index in [-0.39, 0.29) is 23.2 Å². The Morgan fingerprint density at radius 3 is 2.72 bits per heavy atom. The summed E-state index contributed by atoms with van der Waals surface area (Å²) in [5.41, 5.74) is 5.40. The minimum Gasteiger partial charge on any atom is -0.488 e. The van der Waals surface area contributed by atoms with Crippen molar-refractivity contribution < 1.29 is 17.9 Å². The van der Waals surface area contributed by atoms with Crippen molar-refractivity contribution in [1.82, 2.24) is 4.98 Å². The van der Waals surface area contributed by atoms with Crippen LogP contribution in [0.2, 0.25) is 0 Å². The van der Waals surface area contributed by atoms with Crippen LogP contribution < -0.4 is 15.2 Å². The molecule has 2 rings (SSSR count). The highest BCUT2D eigenvalue weighted by Gasteiger charge is 2.26. The van der Waals surface area contributed by atoms with Crippen molar-refractivity contribution in [2.75, 3.05) is 11.0 Å². The van der Waals surface area contributed by atoms with E-state index < -0.39 is 15.9 Å². The van der Waals surface area contributed by atoms with Gasteiger partial charge >= 0.3 is 0 Å². The number of carbonyl (C=O) groups excluding carboxylic acids is 1. The standard InChI is InChI=1S/C10H13N3O4S/c1-18(15,16)13-6-4-8(17-7-2-3-7)9(10(11)14)12-5-6/h4-5,7,13H,2-3H2,1H3,(H2,11,14). The molecule has 1 fully saturated rings. The number of ether oxygens (including phenoxy) is 1. The zero-order chi connectivity index (χ0) is 13.3. The van der Waals surface area contributed by atoms with E-state index in [4.69, 9.17) is 10.5 Å². The number of primary amides is 1. The predicted molar refractivity (Wildman–Crippen MR) is 64.9 cm³/mol. The van der Waals surface area contributed by atoms with E-state index in [2.05, 4.69) is 9.71 Å². The van der Waals surface area contributed by atoms with Gasteiger partial charge in [-0.15, -0.1) is 0 Å². The fourth-order valence-corrected chi connectivity index (χ4v) is 1.89. The molecule has 1 heterocycles. The summed E-state index contributed by atoms with van der Waals surface area (Å²) >= 11 is 0. The molecule has 0 spiro atoms. The smallest absolute Gasteiger partial charge is 0.271 e. The fourth-order valence-electron chi connectivity index (χ4n) is 1.35. The van der Waals surface area contributed by atoms with Gasteiger partial charge < -0.3 is 10.5 Å². The van der Waals surface area contributed by atoms with Crippen LogP contribution >= 0.6 is 0 Å². The lowest BCUT2D eigenvalue weighted by Crippen LogP contribution is -2.17. The second-order valence-electron chi connectivity index (χ2n) is 4.13. The van der Waals surface area contributed by atoms with Crippen molar-refractivity contribution in [3.8, 4) is 5.75 Å². The molecule has 0 radical (unpaired) electrons. The van der Waals surface area contributed by atoms with Crippen LogP contribution in [0.15, 0.2) is 12.3 Å². The van der Waals surface area contributed by atoms with Crippen molar-refractivity contribution in [2.24, 2.45) is 5.73 Å². The van der Waals surface area contributed by atoms with Gasteiger partial charge in [0.25, 0.3) is 5.91 Å². The van der Waals surface area contributed by atoms with Crippen LogP contribution in [0.3, 0.4) is 0 Å². The van der Waals surface area contributed by atoms with Gasteiger partial charge in [0.2, 0.25) is 10.0 Å². The van der Waals surface area contributed by atoms with E-state index in [0.717, 1.165) is 19.1 Å². The number of hydrogen-bond acceptors (Lipinski definition) is 5. The highest BCUT2D eigenvalue weighted by atomic mass is 32.2. The number of sulfonamides is 1. The van der Waals surface area contributed by atoms with Crippen molar-refractivity contribution in [3.63, 3.8) is 0 Å². The van der Waals surface area contributed by atoms with E-state index in [1.165, 1.54) is 12.3 Å². The van der Waals surface area contributed by atoms with Crippen molar-refractivity contribution in [3.05, 3.63) is 18.0 Å². The third-order valence-electron chi connectivity index (χ3n) is 2.21. The Hall–Kier alpha value is -1.83. The predicted octanol–water partition coefficient (Wildman–Crippen LogP) is 0.0932. The van der Waals surface area contributed by atoms with Crippen LogP contribution in [-0.2, 0) is 10.0 Å². The molecule has 18 heavy (non-hydrogen) atoms. The van der Waals surface area contributed by atoms with Crippen molar-refractivity contribution in [1.29, 1.82) is 0 Å². The molecule has 8 heteroatoms. The van der Waals surface area contributed by atoms with Gasteiger partial charge in [0, 0.05) is 6.07 Å². The number of rotatable bonds is 5. The van der Waals surface area contributed by atoms with Crippen LogP contribution in [-0.4, -0.2) is 31.7 Å². The maximum absolute atomic E-state index is 11.2. The number of nitrogens with two attached hydrogens (primary N) is 1. The summed E-state index contributed by atoms with van der Waals surface area (Å²) in [5.74, 6) is -0.504. The summed E-state index contributed by atoms with van der Waals surface area (Å²) in [5, 5.41) is 0. The Morgan fingerprint density at radius 2 is 2.22 bits per heavy atom. The van der Waals surface area contributed by atoms with Gasteiger partial charge in [-0.05, 0) is 12.8 Å². The zero-order valence-electron chi connectivity index (χ0n) is 9.71. The first-order valence-corrected chi connectivity index (χ1v) is 7.18. The van der Waals surface area contributed by atoms with Gasteiger partial charge in [0.05, 0.1) is 24.2 Å². The quantitative estimate of drug-likeness (QED) is 0.788. The summed E-state index contributed by atoms with van der Waals surface area (Å²) in [6, 6.07) is 1.41. The summed E-state index contributed by atoms with van der Waals surface area (Å²) in [6.45, 7) is 0. The molecule has 1 amide bonds. The summed E-state index contributed by atoms with van der Waals surface area (Å²) in [6.07, 6.45) is 4.11. The van der Waals surface area contributed by atoms with Crippen LogP contribution in [0.1, 0.15) is 23.3 Å². The molecule has 1 saturated carbocycles. The Bertz CT molecular complexity index is 581. The first-order chi connectivity index (χ1) is 8.35. The number of pyridine rings is 1. The van der Waals surface area contributed by atoms with Gasteiger partial charge in [0.15, 0.2) is 11.4 Å². The average molecular weight is 271 g/mol. The molecule has 98 valence electrons. The minimum atomic E-state index is -3.40. The average Bonchev–Trinajstić information content (AvgIpc) is 2.98. The third kappa shape index (κ3) is 3.33.